The van der Waals surface area contributed by atoms with Gasteiger partial charge in [-0.3, -0.25) is 4.79 Å². The average Bonchev–Trinajstić information content (AvgIpc) is 3.30. The van der Waals surface area contributed by atoms with E-state index in [1.54, 1.807) is 17.7 Å². The summed E-state index contributed by atoms with van der Waals surface area (Å²) in [5, 5.41) is 4.52. The lowest BCUT2D eigenvalue weighted by molar-refractivity contribution is 0.0518. The molecule has 0 N–H and O–H groups in total. The van der Waals surface area contributed by atoms with E-state index in [0.29, 0.717) is 11.6 Å². The molecule has 4 rings (SSSR count). The molecule has 33 heavy (non-hydrogen) atoms. The van der Waals surface area contributed by atoms with Crippen molar-refractivity contribution in [2.24, 2.45) is 0 Å². The zero-order valence-corrected chi connectivity index (χ0v) is 20.5. The van der Waals surface area contributed by atoms with Gasteiger partial charge >= 0.3 is 5.97 Å². The van der Waals surface area contributed by atoms with Crippen LogP contribution < -0.4 is 0 Å². The summed E-state index contributed by atoms with van der Waals surface area (Å²) in [6, 6.07) is 17.2. The number of aromatic nitrogens is 2. The van der Waals surface area contributed by atoms with E-state index in [-0.39, 0.29) is 18.2 Å². The first-order valence-corrected chi connectivity index (χ1v) is 12.2. The third-order valence-electron chi connectivity index (χ3n) is 6.14. The molecule has 2 aromatic carbocycles. The Labute approximate surface area is 202 Å². The molecule has 172 valence electrons. The average molecular weight is 510 g/mol. The van der Waals surface area contributed by atoms with E-state index in [0.717, 1.165) is 34.3 Å². The molecule has 1 fully saturated rings. The lowest BCUT2D eigenvalue weighted by Crippen LogP contribution is -2.38. The topological polar surface area (TPSA) is 64.4 Å². The maximum absolute atomic E-state index is 13.0. The zero-order chi connectivity index (χ0) is 23.4. The van der Waals surface area contributed by atoms with Crippen molar-refractivity contribution in [2.45, 2.75) is 45.1 Å². The fourth-order valence-electron chi connectivity index (χ4n) is 4.29. The molecule has 3 aromatic rings. The van der Waals surface area contributed by atoms with Gasteiger partial charge in [0.15, 0.2) is 5.69 Å². The van der Waals surface area contributed by atoms with Crippen molar-refractivity contribution in [3.8, 4) is 16.9 Å². The molecule has 1 aliphatic carbocycles. The molecular formula is C26H28BrN3O3. The minimum atomic E-state index is -0.462. The summed E-state index contributed by atoms with van der Waals surface area (Å²) in [6.07, 6.45) is 5.76. The predicted octanol–water partition coefficient (Wildman–Crippen LogP) is 5.88. The van der Waals surface area contributed by atoms with Crippen LogP contribution in [-0.4, -0.2) is 46.3 Å². The van der Waals surface area contributed by atoms with Gasteiger partial charge < -0.3 is 9.64 Å². The second kappa shape index (κ2) is 10.3. The first-order valence-electron chi connectivity index (χ1n) is 11.4. The third kappa shape index (κ3) is 5.19. The van der Waals surface area contributed by atoms with Crippen molar-refractivity contribution >= 4 is 27.8 Å². The molecular weight excluding hydrogens is 482 g/mol. The molecule has 6 nitrogen and oxygen atoms in total. The fourth-order valence-corrected chi connectivity index (χ4v) is 4.56. The Bertz CT molecular complexity index is 1120. The van der Waals surface area contributed by atoms with Gasteiger partial charge in [0.05, 0.1) is 18.0 Å². The third-order valence-corrected chi connectivity index (χ3v) is 6.66. The molecule has 1 amide bonds. The van der Waals surface area contributed by atoms with E-state index in [4.69, 9.17) is 4.74 Å². The number of hydrogen-bond acceptors (Lipinski definition) is 4. The van der Waals surface area contributed by atoms with Crippen molar-refractivity contribution in [1.29, 1.82) is 0 Å². The molecule has 0 saturated heterocycles. The SMILES string of the molecule is CCOC(=O)c1cc(-c2ccc(Br)cc2)n(-c2ccc(C(=O)N(C)C3CCCCC3)cc2)n1. The number of esters is 1. The molecule has 1 aliphatic rings. The van der Waals surface area contributed by atoms with Crippen LogP contribution in [0.25, 0.3) is 16.9 Å². The van der Waals surface area contributed by atoms with Crippen molar-refractivity contribution < 1.29 is 14.3 Å². The van der Waals surface area contributed by atoms with Crippen molar-refractivity contribution in [3.63, 3.8) is 0 Å². The minimum absolute atomic E-state index is 0.0364. The van der Waals surface area contributed by atoms with Gasteiger partial charge in [-0.05, 0) is 62.2 Å². The normalized spacial score (nSPS) is 14.2. The van der Waals surface area contributed by atoms with E-state index in [1.165, 1.54) is 19.3 Å². The lowest BCUT2D eigenvalue weighted by Gasteiger charge is -2.31. The largest absolute Gasteiger partial charge is 0.461 e. The highest BCUT2D eigenvalue weighted by molar-refractivity contribution is 9.10. The smallest absolute Gasteiger partial charge is 0.358 e. The van der Waals surface area contributed by atoms with Crippen LogP contribution in [0.1, 0.15) is 59.9 Å². The summed E-state index contributed by atoms with van der Waals surface area (Å²) in [5.74, 6) is -0.426. The number of benzene rings is 2. The summed E-state index contributed by atoms with van der Waals surface area (Å²) in [7, 11) is 1.90. The Morgan fingerprint density at radius 1 is 1.06 bits per heavy atom. The van der Waals surface area contributed by atoms with Crippen LogP contribution >= 0.6 is 15.9 Å². The molecule has 1 heterocycles. The Morgan fingerprint density at radius 3 is 2.36 bits per heavy atom. The number of halogens is 1. The Morgan fingerprint density at radius 2 is 1.73 bits per heavy atom. The number of carbonyl (C=O) groups is 2. The number of hydrogen-bond donors (Lipinski definition) is 0. The van der Waals surface area contributed by atoms with Crippen molar-refractivity contribution in [2.75, 3.05) is 13.7 Å². The summed E-state index contributed by atoms with van der Waals surface area (Å²) < 4.78 is 7.83. The highest BCUT2D eigenvalue weighted by atomic mass is 79.9. The van der Waals surface area contributed by atoms with Crippen LogP contribution in [0.5, 0.6) is 0 Å². The second-order valence-electron chi connectivity index (χ2n) is 8.31. The molecule has 0 atom stereocenters. The van der Waals surface area contributed by atoms with Crippen LogP contribution in [-0.2, 0) is 4.74 Å². The quantitative estimate of drug-likeness (QED) is 0.389. The van der Waals surface area contributed by atoms with Crippen molar-refractivity contribution in [3.05, 3.63) is 70.3 Å². The molecule has 0 radical (unpaired) electrons. The predicted molar refractivity (Wildman–Crippen MR) is 132 cm³/mol. The molecule has 1 aromatic heterocycles. The van der Waals surface area contributed by atoms with Gasteiger partial charge in [0, 0.05) is 28.7 Å². The zero-order valence-electron chi connectivity index (χ0n) is 19.0. The van der Waals surface area contributed by atoms with Gasteiger partial charge in [-0.25, -0.2) is 9.48 Å². The molecule has 0 aliphatic heterocycles. The summed E-state index contributed by atoms with van der Waals surface area (Å²) in [6.45, 7) is 2.05. The summed E-state index contributed by atoms with van der Waals surface area (Å²) >= 11 is 3.46. The van der Waals surface area contributed by atoms with Gasteiger partial charge in [0.25, 0.3) is 5.91 Å². The fraction of sp³-hybridized carbons (Fsp3) is 0.346. The van der Waals surface area contributed by atoms with E-state index < -0.39 is 5.97 Å². The first kappa shape index (κ1) is 23.2. The van der Waals surface area contributed by atoms with Crippen molar-refractivity contribution in [1.82, 2.24) is 14.7 Å². The number of carbonyl (C=O) groups excluding carboxylic acids is 2. The van der Waals surface area contributed by atoms with Gasteiger partial charge in [0.1, 0.15) is 0 Å². The molecule has 1 saturated carbocycles. The highest BCUT2D eigenvalue weighted by Crippen LogP contribution is 2.27. The number of ether oxygens (including phenoxy) is 1. The Hall–Kier alpha value is -2.93. The van der Waals surface area contributed by atoms with E-state index >= 15 is 0 Å². The monoisotopic (exact) mass is 509 g/mol. The van der Waals surface area contributed by atoms with Crippen LogP contribution in [0.4, 0.5) is 0 Å². The summed E-state index contributed by atoms with van der Waals surface area (Å²) in [4.78, 5) is 27.2. The van der Waals surface area contributed by atoms with Crippen LogP contribution in [0, 0.1) is 0 Å². The lowest BCUT2D eigenvalue weighted by atomic mass is 9.94. The molecule has 0 bridgehead atoms. The maximum atomic E-state index is 13.0. The van der Waals surface area contributed by atoms with E-state index in [1.807, 2.05) is 60.5 Å². The Balaban J connectivity index is 1.64. The number of nitrogens with zero attached hydrogens (tertiary/aromatic N) is 3. The maximum Gasteiger partial charge on any atom is 0.358 e. The van der Waals surface area contributed by atoms with Gasteiger partial charge in [-0.15, -0.1) is 0 Å². The molecule has 7 heteroatoms. The van der Waals surface area contributed by atoms with Crippen LogP contribution in [0.2, 0.25) is 0 Å². The first-order chi connectivity index (χ1) is 16.0. The van der Waals surface area contributed by atoms with Gasteiger partial charge in [0.2, 0.25) is 0 Å². The van der Waals surface area contributed by atoms with Crippen LogP contribution in [0.15, 0.2) is 59.1 Å². The summed E-state index contributed by atoms with van der Waals surface area (Å²) in [5.41, 5.74) is 3.34. The highest BCUT2D eigenvalue weighted by Gasteiger charge is 2.23. The van der Waals surface area contributed by atoms with Crippen LogP contribution in [0.3, 0.4) is 0 Å². The number of amides is 1. The van der Waals surface area contributed by atoms with Gasteiger partial charge in [-0.2, -0.15) is 5.10 Å². The number of rotatable bonds is 6. The second-order valence-corrected chi connectivity index (χ2v) is 9.22. The Kier molecular flexibility index (Phi) is 7.28. The molecule has 0 spiro atoms. The standard InChI is InChI=1S/C26H28BrN3O3/c1-3-33-26(32)23-17-24(18-9-13-20(27)14-10-18)30(28-23)22-15-11-19(12-16-22)25(31)29(2)21-7-5-4-6-8-21/h9-17,21H,3-8H2,1-2H3. The van der Waals surface area contributed by atoms with E-state index in [9.17, 15) is 9.59 Å². The minimum Gasteiger partial charge on any atom is -0.461 e. The molecule has 0 unspecified atom stereocenters. The van der Waals surface area contributed by atoms with Gasteiger partial charge in [-0.1, -0.05) is 47.3 Å². The van der Waals surface area contributed by atoms with E-state index in [2.05, 4.69) is 21.0 Å².